The fourth-order valence-corrected chi connectivity index (χ4v) is 3.79. The third-order valence-corrected chi connectivity index (χ3v) is 5.54. The zero-order chi connectivity index (χ0) is 19.1. The second kappa shape index (κ2) is 11.5. The SMILES string of the molecule is CCN(CC)C(=O)c1ccc(NC(=O)CC(C)C2CCNCC2)cc1Cl.Cl. The second-order valence-corrected chi connectivity index (χ2v) is 7.40. The highest BCUT2D eigenvalue weighted by molar-refractivity contribution is 6.34. The van der Waals surface area contributed by atoms with Crippen LogP contribution in [0.1, 0.15) is 50.4 Å². The van der Waals surface area contributed by atoms with Crippen molar-refractivity contribution in [1.82, 2.24) is 10.2 Å². The summed E-state index contributed by atoms with van der Waals surface area (Å²) in [5.74, 6) is 0.864. The van der Waals surface area contributed by atoms with E-state index in [4.69, 9.17) is 11.6 Å². The van der Waals surface area contributed by atoms with Gasteiger partial charge in [0.15, 0.2) is 0 Å². The summed E-state index contributed by atoms with van der Waals surface area (Å²) in [5, 5.41) is 6.63. The molecule has 1 saturated heterocycles. The monoisotopic (exact) mass is 415 g/mol. The number of nitrogens with one attached hydrogen (secondary N) is 2. The largest absolute Gasteiger partial charge is 0.339 e. The molecule has 5 nitrogen and oxygen atoms in total. The summed E-state index contributed by atoms with van der Waals surface area (Å²) in [4.78, 5) is 26.5. The van der Waals surface area contributed by atoms with Gasteiger partial charge in [-0.05, 0) is 69.8 Å². The maximum Gasteiger partial charge on any atom is 0.255 e. The number of hydrogen-bond acceptors (Lipinski definition) is 3. The number of piperidine rings is 1. The number of anilines is 1. The number of rotatable bonds is 7. The van der Waals surface area contributed by atoms with Gasteiger partial charge in [0.2, 0.25) is 5.91 Å². The first-order valence-corrected chi connectivity index (χ1v) is 9.93. The minimum atomic E-state index is -0.0857. The van der Waals surface area contributed by atoms with Crippen molar-refractivity contribution < 1.29 is 9.59 Å². The molecule has 0 spiro atoms. The summed E-state index contributed by atoms with van der Waals surface area (Å²) < 4.78 is 0. The highest BCUT2D eigenvalue weighted by Crippen LogP contribution is 2.26. The number of amides is 2. The van der Waals surface area contributed by atoms with Crippen LogP contribution < -0.4 is 10.6 Å². The van der Waals surface area contributed by atoms with Crippen molar-refractivity contribution in [3.8, 4) is 0 Å². The van der Waals surface area contributed by atoms with Gasteiger partial charge >= 0.3 is 0 Å². The van der Waals surface area contributed by atoms with E-state index in [1.54, 1.807) is 23.1 Å². The van der Waals surface area contributed by atoms with Gasteiger partial charge in [0.25, 0.3) is 5.91 Å². The summed E-state index contributed by atoms with van der Waals surface area (Å²) in [5.41, 5.74) is 1.10. The van der Waals surface area contributed by atoms with E-state index in [-0.39, 0.29) is 24.2 Å². The van der Waals surface area contributed by atoms with Gasteiger partial charge in [-0.1, -0.05) is 18.5 Å². The van der Waals surface area contributed by atoms with E-state index < -0.39 is 0 Å². The molecule has 1 fully saturated rings. The molecule has 1 atom stereocenters. The van der Waals surface area contributed by atoms with Gasteiger partial charge in [-0.25, -0.2) is 0 Å². The van der Waals surface area contributed by atoms with Gasteiger partial charge in [-0.2, -0.15) is 0 Å². The van der Waals surface area contributed by atoms with E-state index in [0.717, 1.165) is 25.9 Å². The molecule has 152 valence electrons. The number of carbonyl (C=O) groups excluding carboxylic acids is 2. The molecule has 2 N–H and O–H groups in total. The molecule has 1 aromatic rings. The molecule has 1 heterocycles. The lowest BCUT2D eigenvalue weighted by Crippen LogP contribution is -2.32. The fraction of sp³-hybridized carbons (Fsp3) is 0.600. The van der Waals surface area contributed by atoms with Crippen molar-refractivity contribution in [2.45, 2.75) is 40.0 Å². The predicted molar refractivity (Wildman–Crippen MR) is 114 cm³/mol. The summed E-state index contributed by atoms with van der Waals surface area (Å²) in [6.07, 6.45) is 2.76. The maximum absolute atomic E-state index is 12.4. The van der Waals surface area contributed by atoms with E-state index in [1.165, 1.54) is 0 Å². The average molecular weight is 416 g/mol. The lowest BCUT2D eigenvalue weighted by molar-refractivity contribution is -0.117. The van der Waals surface area contributed by atoms with Crippen LogP contribution in [0.15, 0.2) is 18.2 Å². The topological polar surface area (TPSA) is 61.4 Å². The Kier molecular flexibility index (Phi) is 10.1. The van der Waals surface area contributed by atoms with E-state index in [2.05, 4.69) is 17.6 Å². The molecule has 2 amide bonds. The molecule has 0 saturated carbocycles. The Morgan fingerprint density at radius 1 is 1.26 bits per heavy atom. The van der Waals surface area contributed by atoms with Gasteiger partial charge in [0.05, 0.1) is 10.6 Å². The molecule has 0 aliphatic carbocycles. The van der Waals surface area contributed by atoms with Crippen LogP contribution in [0.5, 0.6) is 0 Å². The minimum absolute atomic E-state index is 0. The number of halogens is 2. The zero-order valence-electron chi connectivity index (χ0n) is 16.4. The molecule has 0 bridgehead atoms. The van der Waals surface area contributed by atoms with Crippen molar-refractivity contribution in [3.05, 3.63) is 28.8 Å². The standard InChI is InChI=1S/C20H30ClN3O2.ClH/c1-4-24(5-2)20(26)17-7-6-16(13-18(17)21)23-19(25)12-14(3)15-8-10-22-11-9-15;/h6-7,13-15,22H,4-5,8-12H2,1-3H3,(H,23,25);1H. The molecule has 0 radical (unpaired) electrons. The molecule has 1 aliphatic rings. The first-order chi connectivity index (χ1) is 12.5. The molecular formula is C20H31Cl2N3O2. The predicted octanol–water partition coefficient (Wildman–Crippen LogP) is 4.21. The van der Waals surface area contributed by atoms with Gasteiger partial charge < -0.3 is 15.5 Å². The van der Waals surface area contributed by atoms with Crippen molar-refractivity contribution in [3.63, 3.8) is 0 Å². The molecule has 1 unspecified atom stereocenters. The Labute approximate surface area is 173 Å². The third kappa shape index (κ3) is 6.66. The molecule has 7 heteroatoms. The number of nitrogens with zero attached hydrogens (tertiary/aromatic N) is 1. The quantitative estimate of drug-likeness (QED) is 0.700. The van der Waals surface area contributed by atoms with Crippen LogP contribution in [0.2, 0.25) is 5.02 Å². The molecular weight excluding hydrogens is 385 g/mol. The smallest absolute Gasteiger partial charge is 0.255 e. The van der Waals surface area contributed by atoms with E-state index in [9.17, 15) is 9.59 Å². The summed E-state index contributed by atoms with van der Waals surface area (Å²) in [6, 6.07) is 5.09. The van der Waals surface area contributed by atoms with Crippen LogP contribution in [0, 0.1) is 11.8 Å². The summed E-state index contributed by atoms with van der Waals surface area (Å²) in [7, 11) is 0. The molecule has 2 rings (SSSR count). The van der Waals surface area contributed by atoms with Crippen LogP contribution in [0.25, 0.3) is 0 Å². The summed E-state index contributed by atoms with van der Waals surface area (Å²) in [6.45, 7) is 9.37. The molecule has 27 heavy (non-hydrogen) atoms. The van der Waals surface area contributed by atoms with Gasteiger partial charge in [0.1, 0.15) is 0 Å². The normalized spacial score (nSPS) is 15.6. The Morgan fingerprint density at radius 2 is 1.89 bits per heavy atom. The Hall–Kier alpha value is -1.30. The molecule has 0 aromatic heterocycles. The number of benzene rings is 1. The lowest BCUT2D eigenvalue weighted by Gasteiger charge is -2.27. The Bertz CT molecular complexity index is 630. The van der Waals surface area contributed by atoms with Crippen LogP contribution in [0.4, 0.5) is 5.69 Å². The van der Waals surface area contributed by atoms with Gasteiger partial charge in [-0.3, -0.25) is 9.59 Å². The lowest BCUT2D eigenvalue weighted by atomic mass is 9.84. The number of hydrogen-bond donors (Lipinski definition) is 2. The van der Waals surface area contributed by atoms with Crippen LogP contribution >= 0.6 is 24.0 Å². The van der Waals surface area contributed by atoms with Crippen molar-refractivity contribution in [2.75, 3.05) is 31.5 Å². The third-order valence-electron chi connectivity index (χ3n) is 5.23. The molecule has 1 aromatic carbocycles. The van der Waals surface area contributed by atoms with Crippen LogP contribution in [0.3, 0.4) is 0 Å². The van der Waals surface area contributed by atoms with Gasteiger partial charge in [-0.15, -0.1) is 12.4 Å². The maximum atomic E-state index is 12.4. The van der Waals surface area contributed by atoms with Crippen LogP contribution in [-0.4, -0.2) is 42.9 Å². The van der Waals surface area contributed by atoms with E-state index >= 15 is 0 Å². The van der Waals surface area contributed by atoms with E-state index in [0.29, 0.717) is 47.6 Å². The zero-order valence-corrected chi connectivity index (χ0v) is 18.0. The Morgan fingerprint density at radius 3 is 2.44 bits per heavy atom. The first-order valence-electron chi connectivity index (χ1n) is 9.55. The van der Waals surface area contributed by atoms with Crippen molar-refractivity contribution in [1.29, 1.82) is 0 Å². The first kappa shape index (κ1) is 23.7. The second-order valence-electron chi connectivity index (χ2n) is 6.99. The van der Waals surface area contributed by atoms with Crippen molar-refractivity contribution >= 4 is 41.5 Å². The van der Waals surface area contributed by atoms with Crippen molar-refractivity contribution in [2.24, 2.45) is 11.8 Å². The van der Waals surface area contributed by atoms with Gasteiger partial charge in [0, 0.05) is 25.2 Å². The highest BCUT2D eigenvalue weighted by Gasteiger charge is 2.22. The minimum Gasteiger partial charge on any atom is -0.339 e. The Balaban J connectivity index is 0.00000364. The van der Waals surface area contributed by atoms with E-state index in [1.807, 2.05) is 13.8 Å². The van der Waals surface area contributed by atoms with Crippen LogP contribution in [-0.2, 0) is 4.79 Å². The molecule has 1 aliphatic heterocycles. The number of carbonyl (C=O) groups is 2. The highest BCUT2D eigenvalue weighted by atomic mass is 35.5. The average Bonchev–Trinajstić information content (AvgIpc) is 2.63. The summed E-state index contributed by atoms with van der Waals surface area (Å²) >= 11 is 6.29. The fourth-order valence-electron chi connectivity index (χ4n) is 3.53.